The molecule has 0 saturated heterocycles. The summed E-state index contributed by atoms with van der Waals surface area (Å²) >= 11 is 1.42. The van der Waals surface area contributed by atoms with Crippen molar-refractivity contribution in [2.24, 2.45) is 0 Å². The van der Waals surface area contributed by atoms with Gasteiger partial charge in [0.15, 0.2) is 11.9 Å². The number of thioether (sulfide) groups is 1. The predicted octanol–water partition coefficient (Wildman–Crippen LogP) is 4.12. The quantitative estimate of drug-likeness (QED) is 0.500. The molecule has 0 spiro atoms. The second kappa shape index (κ2) is 6.93. The van der Waals surface area contributed by atoms with E-state index < -0.39 is 11.7 Å². The van der Waals surface area contributed by atoms with E-state index in [4.69, 9.17) is 9.47 Å². The van der Waals surface area contributed by atoms with Gasteiger partial charge in [0.25, 0.3) is 0 Å². The number of benzene rings is 1. The molecule has 0 N–H and O–H groups in total. The van der Waals surface area contributed by atoms with Crippen molar-refractivity contribution in [3.8, 4) is 17.0 Å². The summed E-state index contributed by atoms with van der Waals surface area (Å²) in [5.41, 5.74) is 0.764. The molecule has 0 unspecified atom stereocenters. The van der Waals surface area contributed by atoms with Gasteiger partial charge in [0, 0.05) is 18.9 Å². The van der Waals surface area contributed by atoms with Crippen LogP contribution in [0, 0.1) is 0 Å². The number of alkyl halides is 3. The van der Waals surface area contributed by atoms with Gasteiger partial charge in [-0.05, 0) is 36.6 Å². The van der Waals surface area contributed by atoms with Gasteiger partial charge >= 0.3 is 6.18 Å². The Morgan fingerprint density at radius 2 is 2.00 bits per heavy atom. The Hall–Kier alpha value is -2.26. The molecular formula is C16H14F3N3O2S. The van der Waals surface area contributed by atoms with Crippen molar-refractivity contribution < 1.29 is 22.6 Å². The molecule has 0 radical (unpaired) electrons. The van der Waals surface area contributed by atoms with Crippen molar-refractivity contribution >= 4 is 17.3 Å². The number of rotatable bonds is 5. The van der Waals surface area contributed by atoms with E-state index in [1.54, 1.807) is 0 Å². The summed E-state index contributed by atoms with van der Waals surface area (Å²) in [5.74, 6) is 0.0333. The molecule has 2 heterocycles. The molecule has 0 fully saturated rings. The molecule has 0 aliphatic rings. The van der Waals surface area contributed by atoms with Crippen LogP contribution in [0.15, 0.2) is 41.7 Å². The van der Waals surface area contributed by atoms with Gasteiger partial charge in [-0.3, -0.25) is 4.40 Å². The minimum atomic E-state index is -4.47. The van der Waals surface area contributed by atoms with Crippen LogP contribution in [0.5, 0.6) is 5.75 Å². The first kappa shape index (κ1) is 17.6. The molecule has 3 aromatic rings. The zero-order valence-electron chi connectivity index (χ0n) is 13.4. The Morgan fingerprint density at radius 3 is 2.68 bits per heavy atom. The van der Waals surface area contributed by atoms with E-state index in [1.807, 2.05) is 29.0 Å². The SMILES string of the molecule is COCOc1cc(C(F)(F)F)ccc1-c1nnc(SC)n2cccc12. The van der Waals surface area contributed by atoms with E-state index in [0.29, 0.717) is 16.4 Å². The van der Waals surface area contributed by atoms with Gasteiger partial charge in [-0.25, -0.2) is 0 Å². The summed E-state index contributed by atoms with van der Waals surface area (Å²) < 4.78 is 51.0. The molecule has 132 valence electrons. The van der Waals surface area contributed by atoms with Crippen molar-refractivity contribution in [1.29, 1.82) is 0 Å². The topological polar surface area (TPSA) is 48.7 Å². The molecule has 1 aromatic carbocycles. The standard InChI is InChI=1S/C16H14F3N3O2S/c1-23-9-24-13-8-10(16(17,18)19)5-6-11(13)14-12-4-3-7-22(12)15(25-2)21-20-14/h3-8H,9H2,1-2H3. The Bertz CT molecular complexity index is 896. The average Bonchev–Trinajstić information content (AvgIpc) is 3.08. The van der Waals surface area contributed by atoms with Crippen LogP contribution in [-0.2, 0) is 10.9 Å². The van der Waals surface area contributed by atoms with E-state index in [9.17, 15) is 13.2 Å². The molecule has 2 aromatic heterocycles. The lowest BCUT2D eigenvalue weighted by molar-refractivity contribution is -0.137. The molecule has 0 aliphatic heterocycles. The zero-order chi connectivity index (χ0) is 18.0. The summed E-state index contributed by atoms with van der Waals surface area (Å²) in [6.07, 6.45) is -0.782. The van der Waals surface area contributed by atoms with Gasteiger partial charge in [-0.15, -0.1) is 10.2 Å². The minimum absolute atomic E-state index is 0.0333. The number of ether oxygens (including phenoxy) is 2. The van der Waals surface area contributed by atoms with Crippen LogP contribution in [0.3, 0.4) is 0 Å². The number of hydrogen-bond donors (Lipinski definition) is 0. The summed E-state index contributed by atoms with van der Waals surface area (Å²) in [7, 11) is 1.39. The van der Waals surface area contributed by atoms with Crippen LogP contribution < -0.4 is 4.74 Å². The summed E-state index contributed by atoms with van der Waals surface area (Å²) in [6, 6.07) is 6.92. The molecule has 0 amide bonds. The highest BCUT2D eigenvalue weighted by Crippen LogP contribution is 2.38. The maximum Gasteiger partial charge on any atom is 0.416 e. The van der Waals surface area contributed by atoms with Crippen LogP contribution in [0.1, 0.15) is 5.56 Å². The molecule has 5 nitrogen and oxygen atoms in total. The number of nitrogens with zero attached hydrogens (tertiary/aromatic N) is 3. The van der Waals surface area contributed by atoms with Crippen molar-refractivity contribution in [1.82, 2.24) is 14.6 Å². The molecule has 9 heteroatoms. The van der Waals surface area contributed by atoms with Crippen LogP contribution in [0.25, 0.3) is 16.8 Å². The molecule has 3 rings (SSSR count). The summed E-state index contributed by atoms with van der Waals surface area (Å²) in [6.45, 7) is -0.179. The highest BCUT2D eigenvalue weighted by Gasteiger charge is 2.31. The van der Waals surface area contributed by atoms with Gasteiger partial charge < -0.3 is 9.47 Å². The molecule has 0 atom stereocenters. The van der Waals surface area contributed by atoms with Crippen molar-refractivity contribution in [3.63, 3.8) is 0 Å². The highest BCUT2D eigenvalue weighted by molar-refractivity contribution is 7.98. The molecule has 0 saturated carbocycles. The third kappa shape index (κ3) is 3.42. The smallest absolute Gasteiger partial charge is 0.416 e. The van der Waals surface area contributed by atoms with Gasteiger partial charge in [-0.1, -0.05) is 11.8 Å². The average molecular weight is 369 g/mol. The molecule has 0 aliphatic carbocycles. The largest absolute Gasteiger partial charge is 0.467 e. The number of halogens is 3. The third-order valence-corrected chi connectivity index (χ3v) is 4.16. The number of hydrogen-bond acceptors (Lipinski definition) is 5. The van der Waals surface area contributed by atoms with E-state index in [1.165, 1.54) is 24.9 Å². The Morgan fingerprint density at radius 1 is 1.20 bits per heavy atom. The monoisotopic (exact) mass is 369 g/mol. The lowest BCUT2D eigenvalue weighted by Gasteiger charge is -2.15. The first-order valence-electron chi connectivity index (χ1n) is 7.17. The fraction of sp³-hybridized carbons (Fsp3) is 0.250. The van der Waals surface area contributed by atoms with Gasteiger partial charge in [0.1, 0.15) is 11.4 Å². The Labute approximate surface area is 145 Å². The Kier molecular flexibility index (Phi) is 4.87. The first-order valence-corrected chi connectivity index (χ1v) is 8.39. The van der Waals surface area contributed by atoms with Gasteiger partial charge in [-0.2, -0.15) is 13.2 Å². The van der Waals surface area contributed by atoms with E-state index >= 15 is 0 Å². The second-order valence-electron chi connectivity index (χ2n) is 5.06. The number of fused-ring (bicyclic) bond motifs is 1. The minimum Gasteiger partial charge on any atom is -0.467 e. The fourth-order valence-electron chi connectivity index (χ4n) is 2.40. The predicted molar refractivity (Wildman–Crippen MR) is 87.7 cm³/mol. The van der Waals surface area contributed by atoms with E-state index in [-0.39, 0.29) is 12.5 Å². The summed E-state index contributed by atoms with van der Waals surface area (Å²) in [5, 5.41) is 9.00. The van der Waals surface area contributed by atoms with Gasteiger partial charge in [0.05, 0.1) is 11.1 Å². The molecule has 0 bridgehead atoms. The highest BCUT2D eigenvalue weighted by atomic mass is 32.2. The zero-order valence-corrected chi connectivity index (χ0v) is 14.2. The second-order valence-corrected chi connectivity index (χ2v) is 5.83. The lowest BCUT2D eigenvalue weighted by atomic mass is 10.1. The summed E-state index contributed by atoms with van der Waals surface area (Å²) in [4.78, 5) is 0. The fourth-order valence-corrected chi connectivity index (χ4v) is 2.88. The third-order valence-electron chi connectivity index (χ3n) is 3.51. The number of aromatic nitrogens is 3. The first-order chi connectivity index (χ1) is 12.0. The lowest BCUT2D eigenvalue weighted by Crippen LogP contribution is -2.08. The molecular weight excluding hydrogens is 355 g/mol. The Balaban J connectivity index is 2.18. The number of methoxy groups -OCH3 is 1. The van der Waals surface area contributed by atoms with Crippen molar-refractivity contribution in [2.45, 2.75) is 11.3 Å². The van der Waals surface area contributed by atoms with Gasteiger partial charge in [0.2, 0.25) is 0 Å². The van der Waals surface area contributed by atoms with Crippen LogP contribution in [0.2, 0.25) is 0 Å². The van der Waals surface area contributed by atoms with E-state index in [2.05, 4.69) is 10.2 Å². The van der Waals surface area contributed by atoms with Crippen LogP contribution in [-0.4, -0.2) is 34.8 Å². The normalized spacial score (nSPS) is 11.9. The van der Waals surface area contributed by atoms with Crippen molar-refractivity contribution in [2.75, 3.05) is 20.2 Å². The van der Waals surface area contributed by atoms with Crippen molar-refractivity contribution in [3.05, 3.63) is 42.1 Å². The van der Waals surface area contributed by atoms with E-state index in [0.717, 1.165) is 17.6 Å². The maximum absolute atomic E-state index is 13.0. The molecule has 25 heavy (non-hydrogen) atoms. The van der Waals surface area contributed by atoms with Crippen LogP contribution >= 0.6 is 11.8 Å². The maximum atomic E-state index is 13.0. The van der Waals surface area contributed by atoms with Crippen LogP contribution in [0.4, 0.5) is 13.2 Å².